The molecular weight excluding hydrogens is 406 g/mol. The summed E-state index contributed by atoms with van der Waals surface area (Å²) in [4.78, 5) is 26.6. The summed E-state index contributed by atoms with van der Waals surface area (Å²) in [7, 11) is 0. The number of unbranched alkanes of at least 4 members (excludes halogenated alkanes) is 1. The first-order chi connectivity index (χ1) is 14.5. The molecule has 0 atom stereocenters. The van der Waals surface area contributed by atoms with Crippen LogP contribution >= 0.6 is 11.6 Å². The van der Waals surface area contributed by atoms with Gasteiger partial charge in [0.1, 0.15) is 5.82 Å². The second kappa shape index (κ2) is 7.55. The number of nitrogens with zero attached hydrogens (tertiary/aromatic N) is 5. The van der Waals surface area contributed by atoms with Gasteiger partial charge in [-0.1, -0.05) is 24.9 Å². The van der Waals surface area contributed by atoms with Crippen LogP contribution in [0.1, 0.15) is 31.0 Å². The monoisotopic (exact) mass is 429 g/mol. The highest BCUT2D eigenvalue weighted by Crippen LogP contribution is 2.40. The lowest BCUT2D eigenvalue weighted by molar-refractivity contribution is -0.127. The molecule has 9 nitrogen and oxygen atoms in total. The summed E-state index contributed by atoms with van der Waals surface area (Å²) in [5.41, 5.74) is 1.91. The summed E-state index contributed by atoms with van der Waals surface area (Å²) >= 11 is 6.35. The van der Waals surface area contributed by atoms with E-state index in [1.54, 1.807) is 12.3 Å². The van der Waals surface area contributed by atoms with Crippen LogP contribution in [0.2, 0.25) is 5.02 Å². The molecule has 2 saturated heterocycles. The Morgan fingerprint density at radius 1 is 1.33 bits per heavy atom. The maximum atomic E-state index is 12.3. The molecule has 5 heterocycles. The lowest BCUT2D eigenvalue weighted by atomic mass is 9.78. The van der Waals surface area contributed by atoms with Gasteiger partial charge in [-0.15, -0.1) is 5.10 Å². The van der Waals surface area contributed by atoms with Crippen LogP contribution in [0.25, 0.3) is 5.78 Å². The van der Waals surface area contributed by atoms with E-state index in [-0.39, 0.29) is 5.56 Å². The van der Waals surface area contributed by atoms with E-state index in [1.807, 2.05) is 6.07 Å². The maximum absolute atomic E-state index is 12.3. The molecule has 2 N–H and O–H groups in total. The van der Waals surface area contributed by atoms with E-state index < -0.39 is 0 Å². The van der Waals surface area contributed by atoms with Gasteiger partial charge in [0.25, 0.3) is 5.56 Å². The van der Waals surface area contributed by atoms with Gasteiger partial charge in [-0.2, -0.15) is 9.50 Å². The van der Waals surface area contributed by atoms with Crippen LogP contribution in [0.15, 0.2) is 23.1 Å². The molecule has 2 fully saturated rings. The predicted octanol–water partition coefficient (Wildman–Crippen LogP) is 2.26. The fourth-order valence-corrected chi connectivity index (χ4v) is 4.13. The van der Waals surface area contributed by atoms with Crippen molar-refractivity contribution in [2.75, 3.05) is 36.5 Å². The van der Waals surface area contributed by atoms with Crippen molar-refractivity contribution in [2.45, 2.75) is 32.7 Å². The molecule has 2 aliphatic heterocycles. The average Bonchev–Trinajstić information content (AvgIpc) is 3.08. The number of aryl methyl sites for hydroxylation is 1. The topological polar surface area (TPSA) is 100 Å². The van der Waals surface area contributed by atoms with Crippen LogP contribution in [0.4, 0.5) is 11.8 Å². The zero-order valence-electron chi connectivity index (χ0n) is 16.8. The fourth-order valence-electron chi connectivity index (χ4n) is 3.96. The van der Waals surface area contributed by atoms with Crippen LogP contribution in [-0.2, 0) is 17.7 Å². The van der Waals surface area contributed by atoms with E-state index in [9.17, 15) is 4.79 Å². The number of pyridine rings is 1. The summed E-state index contributed by atoms with van der Waals surface area (Å²) in [6.45, 7) is 6.15. The standard InChI is InChI=1S/C20H24ClN7O2/c1-2-3-4-14-6-17(29)28-19(24-14)25-18(26-28)23-7-13-5-16(22-8-15(13)21)27-9-20(10-27)11-30-12-20/h5-6,8H,2-4,7,9-12H2,1H3,(H2,23,24,25,26). The third-order valence-corrected chi connectivity index (χ3v) is 6.08. The van der Waals surface area contributed by atoms with E-state index in [0.29, 0.717) is 28.7 Å². The molecule has 1 spiro atoms. The van der Waals surface area contributed by atoms with Gasteiger partial charge >= 0.3 is 0 Å². The van der Waals surface area contributed by atoms with Crippen molar-refractivity contribution in [3.05, 3.63) is 45.0 Å². The van der Waals surface area contributed by atoms with E-state index in [0.717, 1.165) is 62.6 Å². The van der Waals surface area contributed by atoms with Crippen molar-refractivity contribution >= 4 is 29.1 Å². The van der Waals surface area contributed by atoms with Crippen LogP contribution < -0.4 is 15.8 Å². The maximum Gasteiger partial charge on any atom is 0.275 e. The summed E-state index contributed by atoms with van der Waals surface area (Å²) < 4.78 is 6.61. The largest absolute Gasteiger partial charge is 0.380 e. The summed E-state index contributed by atoms with van der Waals surface area (Å²) in [5.74, 6) is 1.72. The second-order valence-corrected chi connectivity index (χ2v) is 8.65. The number of halogens is 1. The van der Waals surface area contributed by atoms with Crippen molar-refractivity contribution in [1.82, 2.24) is 24.6 Å². The van der Waals surface area contributed by atoms with Crippen molar-refractivity contribution in [3.63, 3.8) is 0 Å². The average molecular weight is 430 g/mol. The lowest BCUT2D eigenvalue weighted by Gasteiger charge is -2.55. The number of H-pyrrole nitrogens is 1. The third-order valence-electron chi connectivity index (χ3n) is 5.74. The van der Waals surface area contributed by atoms with Crippen molar-refractivity contribution < 1.29 is 4.74 Å². The third kappa shape index (κ3) is 3.52. The highest BCUT2D eigenvalue weighted by molar-refractivity contribution is 6.31. The normalized spacial score (nSPS) is 17.2. The number of aromatic amines is 1. The number of fused-ring (bicyclic) bond motifs is 1. The van der Waals surface area contributed by atoms with Gasteiger partial charge in [0.05, 0.1) is 23.7 Å². The van der Waals surface area contributed by atoms with Crippen LogP contribution in [0, 0.1) is 5.41 Å². The molecule has 0 saturated carbocycles. The van der Waals surface area contributed by atoms with Crippen molar-refractivity contribution in [1.29, 1.82) is 0 Å². The first kappa shape index (κ1) is 19.3. The summed E-state index contributed by atoms with van der Waals surface area (Å²) in [6.07, 6.45) is 4.57. The first-order valence-electron chi connectivity index (χ1n) is 10.3. The van der Waals surface area contributed by atoms with Crippen LogP contribution in [-0.4, -0.2) is 50.9 Å². The van der Waals surface area contributed by atoms with Gasteiger partial charge in [0.2, 0.25) is 11.7 Å². The molecule has 2 aliphatic rings. The molecule has 0 unspecified atom stereocenters. The molecular formula is C20H24ClN7O2. The Hall–Kier alpha value is -2.65. The molecule has 158 valence electrons. The number of aromatic nitrogens is 5. The number of ether oxygens (including phenoxy) is 1. The predicted molar refractivity (Wildman–Crippen MR) is 114 cm³/mol. The van der Waals surface area contributed by atoms with Gasteiger partial charge in [0.15, 0.2) is 0 Å². The van der Waals surface area contributed by atoms with E-state index in [4.69, 9.17) is 16.3 Å². The number of hydrogen-bond donors (Lipinski definition) is 2. The van der Waals surface area contributed by atoms with Gasteiger partial charge < -0.3 is 19.9 Å². The van der Waals surface area contributed by atoms with Gasteiger partial charge in [-0.25, -0.2) is 4.98 Å². The number of nitrogens with one attached hydrogen (secondary N) is 2. The summed E-state index contributed by atoms with van der Waals surface area (Å²) in [5, 5.41) is 8.02. The molecule has 0 radical (unpaired) electrons. The molecule has 0 aromatic carbocycles. The quantitative estimate of drug-likeness (QED) is 0.594. The fraction of sp³-hybridized carbons (Fsp3) is 0.500. The Kier molecular flexibility index (Phi) is 4.86. The number of rotatable bonds is 7. The summed E-state index contributed by atoms with van der Waals surface area (Å²) in [6, 6.07) is 3.58. The SMILES string of the molecule is CCCCc1cc(=O)n2nc(NCc3cc(N4CC5(COC5)C4)ncc3Cl)nc2[nH]1. The Labute approximate surface area is 178 Å². The minimum atomic E-state index is -0.189. The zero-order chi connectivity index (χ0) is 20.7. The highest BCUT2D eigenvalue weighted by atomic mass is 35.5. The molecule has 0 bridgehead atoms. The minimum absolute atomic E-state index is 0.189. The van der Waals surface area contributed by atoms with Crippen LogP contribution in [0.5, 0.6) is 0 Å². The minimum Gasteiger partial charge on any atom is -0.380 e. The molecule has 5 rings (SSSR count). The van der Waals surface area contributed by atoms with E-state index in [1.165, 1.54) is 4.52 Å². The van der Waals surface area contributed by atoms with E-state index in [2.05, 4.69) is 37.2 Å². The lowest BCUT2D eigenvalue weighted by Crippen LogP contribution is -2.66. The zero-order valence-corrected chi connectivity index (χ0v) is 17.6. The van der Waals surface area contributed by atoms with Crippen molar-refractivity contribution in [3.8, 4) is 0 Å². The Morgan fingerprint density at radius 3 is 2.90 bits per heavy atom. The Bertz CT molecular complexity index is 1130. The number of hydrogen-bond acceptors (Lipinski definition) is 7. The van der Waals surface area contributed by atoms with Crippen molar-refractivity contribution in [2.24, 2.45) is 5.41 Å². The molecule has 0 aliphatic carbocycles. The van der Waals surface area contributed by atoms with Crippen LogP contribution in [0.3, 0.4) is 0 Å². The smallest absolute Gasteiger partial charge is 0.275 e. The molecule has 0 amide bonds. The second-order valence-electron chi connectivity index (χ2n) is 8.24. The molecule has 3 aromatic heterocycles. The Morgan fingerprint density at radius 2 is 2.17 bits per heavy atom. The number of anilines is 2. The Balaban J connectivity index is 1.29. The van der Waals surface area contributed by atoms with Gasteiger partial charge in [-0.3, -0.25) is 4.79 Å². The molecule has 10 heteroatoms. The van der Waals surface area contributed by atoms with Gasteiger partial charge in [-0.05, 0) is 24.5 Å². The molecule has 3 aromatic rings. The molecule has 30 heavy (non-hydrogen) atoms. The first-order valence-corrected chi connectivity index (χ1v) is 10.6. The highest BCUT2D eigenvalue weighted by Gasteiger charge is 2.49. The van der Waals surface area contributed by atoms with E-state index >= 15 is 0 Å². The van der Waals surface area contributed by atoms with Gasteiger partial charge in [0, 0.05) is 37.6 Å².